The minimum atomic E-state index is -0.280. The third-order valence-electron chi connectivity index (χ3n) is 7.31. The van der Waals surface area contributed by atoms with Gasteiger partial charge in [-0.2, -0.15) is 0 Å². The SMILES string of the molecule is CCC(=Cc1ccccc1)C1C[C@@H]1NCC1CCC(NCc2ccc(C(=O)OC)cc2)CC1. The number of nitrogens with one attached hydrogen (secondary N) is 2. The van der Waals surface area contributed by atoms with Crippen molar-refractivity contribution in [3.05, 3.63) is 76.9 Å². The first-order valence-corrected chi connectivity index (χ1v) is 12.6. The molecular formula is C29H38N2O2. The Morgan fingerprint density at radius 2 is 1.73 bits per heavy atom. The zero-order valence-electron chi connectivity index (χ0n) is 20.1. The van der Waals surface area contributed by atoms with Gasteiger partial charge in [-0.15, -0.1) is 0 Å². The van der Waals surface area contributed by atoms with Crippen LogP contribution in [0.5, 0.6) is 0 Å². The van der Waals surface area contributed by atoms with Gasteiger partial charge in [-0.3, -0.25) is 0 Å². The Morgan fingerprint density at radius 1 is 1.00 bits per heavy atom. The second-order valence-electron chi connectivity index (χ2n) is 9.63. The van der Waals surface area contributed by atoms with Crippen LogP contribution in [0.3, 0.4) is 0 Å². The molecular weight excluding hydrogens is 408 g/mol. The summed E-state index contributed by atoms with van der Waals surface area (Å²) < 4.78 is 4.76. The summed E-state index contributed by atoms with van der Waals surface area (Å²) in [7, 11) is 1.41. The number of rotatable bonds is 10. The van der Waals surface area contributed by atoms with Gasteiger partial charge in [0, 0.05) is 18.6 Å². The molecule has 0 spiro atoms. The van der Waals surface area contributed by atoms with E-state index in [1.54, 1.807) is 5.57 Å². The number of hydrogen-bond acceptors (Lipinski definition) is 4. The van der Waals surface area contributed by atoms with E-state index in [-0.39, 0.29) is 5.97 Å². The van der Waals surface area contributed by atoms with Gasteiger partial charge in [-0.1, -0.05) is 61.0 Å². The van der Waals surface area contributed by atoms with Crippen LogP contribution in [0.1, 0.15) is 66.9 Å². The van der Waals surface area contributed by atoms with E-state index in [2.05, 4.69) is 54.0 Å². The van der Waals surface area contributed by atoms with Crippen LogP contribution in [0.4, 0.5) is 0 Å². The molecule has 0 bridgehead atoms. The standard InChI is InChI=1S/C29H38N2O2/c1-3-24(17-21-7-5-4-6-8-21)27-18-28(27)31-20-23-11-15-26(16-12-23)30-19-22-9-13-25(14-10-22)29(32)33-2/h4-10,13-14,17,23,26-28,30-31H,3,11-12,15-16,18-20H2,1-2H3/t23?,26?,27?,28-/m0/s1. The average molecular weight is 447 g/mol. The van der Waals surface area contributed by atoms with Gasteiger partial charge in [-0.25, -0.2) is 4.79 Å². The molecule has 0 aromatic heterocycles. The van der Waals surface area contributed by atoms with Crippen LogP contribution in [0, 0.1) is 11.8 Å². The quantitative estimate of drug-likeness (QED) is 0.467. The van der Waals surface area contributed by atoms with E-state index < -0.39 is 0 Å². The van der Waals surface area contributed by atoms with Gasteiger partial charge in [0.15, 0.2) is 0 Å². The van der Waals surface area contributed by atoms with Gasteiger partial charge in [0.25, 0.3) is 0 Å². The first-order valence-electron chi connectivity index (χ1n) is 12.6. The Hall–Kier alpha value is -2.43. The molecule has 0 radical (unpaired) electrons. The van der Waals surface area contributed by atoms with Crippen molar-refractivity contribution in [2.45, 2.75) is 64.1 Å². The summed E-state index contributed by atoms with van der Waals surface area (Å²) in [6.45, 7) is 4.30. The summed E-state index contributed by atoms with van der Waals surface area (Å²) in [6, 6.07) is 19.7. The van der Waals surface area contributed by atoms with Gasteiger partial charge in [0.05, 0.1) is 12.7 Å². The van der Waals surface area contributed by atoms with Crippen LogP contribution in [0.25, 0.3) is 6.08 Å². The van der Waals surface area contributed by atoms with Crippen molar-refractivity contribution in [1.29, 1.82) is 0 Å². The second kappa shape index (κ2) is 11.6. The highest BCUT2D eigenvalue weighted by Gasteiger charge is 2.39. The molecule has 2 N–H and O–H groups in total. The molecule has 2 fully saturated rings. The minimum absolute atomic E-state index is 0.280. The topological polar surface area (TPSA) is 50.4 Å². The lowest BCUT2D eigenvalue weighted by molar-refractivity contribution is 0.0600. The maximum atomic E-state index is 11.6. The molecule has 2 atom stereocenters. The third kappa shape index (κ3) is 6.78. The molecule has 33 heavy (non-hydrogen) atoms. The van der Waals surface area contributed by atoms with Crippen molar-refractivity contribution >= 4 is 12.0 Å². The average Bonchev–Trinajstić information content (AvgIpc) is 3.65. The summed E-state index contributed by atoms with van der Waals surface area (Å²) in [4.78, 5) is 11.6. The number of hydrogen-bond donors (Lipinski definition) is 2. The van der Waals surface area contributed by atoms with E-state index >= 15 is 0 Å². The van der Waals surface area contributed by atoms with E-state index in [0.29, 0.717) is 17.6 Å². The summed E-state index contributed by atoms with van der Waals surface area (Å²) in [5.74, 6) is 1.24. The van der Waals surface area contributed by atoms with E-state index in [0.717, 1.165) is 31.3 Å². The fourth-order valence-electron chi connectivity index (χ4n) is 5.09. The molecule has 2 aromatic rings. The second-order valence-corrected chi connectivity index (χ2v) is 9.63. The van der Waals surface area contributed by atoms with Crippen molar-refractivity contribution in [3.8, 4) is 0 Å². The maximum Gasteiger partial charge on any atom is 0.337 e. The zero-order chi connectivity index (χ0) is 23.0. The van der Waals surface area contributed by atoms with Crippen LogP contribution in [-0.4, -0.2) is 31.7 Å². The van der Waals surface area contributed by atoms with Gasteiger partial charge in [-0.05, 0) is 80.2 Å². The molecule has 0 aliphatic heterocycles. The summed E-state index contributed by atoms with van der Waals surface area (Å²) in [6.07, 6.45) is 9.90. The van der Waals surface area contributed by atoms with Crippen LogP contribution in [-0.2, 0) is 11.3 Å². The van der Waals surface area contributed by atoms with Crippen molar-refractivity contribution < 1.29 is 9.53 Å². The molecule has 2 aliphatic rings. The molecule has 0 saturated heterocycles. The lowest BCUT2D eigenvalue weighted by atomic mass is 9.86. The van der Waals surface area contributed by atoms with Crippen molar-refractivity contribution in [3.63, 3.8) is 0 Å². The van der Waals surface area contributed by atoms with Gasteiger partial charge >= 0.3 is 5.97 Å². The third-order valence-corrected chi connectivity index (χ3v) is 7.31. The van der Waals surface area contributed by atoms with Crippen molar-refractivity contribution in [2.24, 2.45) is 11.8 Å². The molecule has 2 aliphatic carbocycles. The van der Waals surface area contributed by atoms with Crippen molar-refractivity contribution in [1.82, 2.24) is 10.6 Å². The predicted octanol–water partition coefficient (Wildman–Crippen LogP) is 5.59. The maximum absolute atomic E-state index is 11.6. The van der Waals surface area contributed by atoms with Gasteiger partial charge in [0.2, 0.25) is 0 Å². The molecule has 0 amide bonds. The summed E-state index contributed by atoms with van der Waals surface area (Å²) in [5, 5.41) is 7.58. The molecule has 4 nitrogen and oxygen atoms in total. The Bertz CT molecular complexity index is 914. The van der Waals surface area contributed by atoms with E-state index in [4.69, 9.17) is 4.74 Å². The van der Waals surface area contributed by atoms with Gasteiger partial charge < -0.3 is 15.4 Å². The Balaban J connectivity index is 1.14. The molecule has 176 valence electrons. The van der Waals surface area contributed by atoms with E-state index in [1.165, 1.54) is 50.3 Å². The van der Waals surface area contributed by atoms with Crippen LogP contribution in [0.15, 0.2) is 60.2 Å². The predicted molar refractivity (Wildman–Crippen MR) is 135 cm³/mol. The number of benzene rings is 2. The highest BCUT2D eigenvalue weighted by atomic mass is 16.5. The number of methoxy groups -OCH3 is 1. The van der Waals surface area contributed by atoms with Gasteiger partial charge in [0.1, 0.15) is 0 Å². The molecule has 4 rings (SSSR count). The normalized spacial score (nSPS) is 25.0. The van der Waals surface area contributed by atoms with Crippen LogP contribution >= 0.6 is 0 Å². The monoisotopic (exact) mass is 446 g/mol. The number of carbonyl (C=O) groups is 1. The van der Waals surface area contributed by atoms with E-state index in [1.807, 2.05) is 24.3 Å². The number of esters is 1. The van der Waals surface area contributed by atoms with Crippen LogP contribution in [0.2, 0.25) is 0 Å². The molecule has 2 aromatic carbocycles. The Morgan fingerprint density at radius 3 is 2.39 bits per heavy atom. The Labute approximate surface area is 198 Å². The molecule has 0 heterocycles. The largest absolute Gasteiger partial charge is 0.465 e. The molecule has 1 unspecified atom stereocenters. The fraction of sp³-hybridized carbons (Fsp3) is 0.483. The Kier molecular flexibility index (Phi) is 8.35. The molecule has 2 saturated carbocycles. The van der Waals surface area contributed by atoms with Crippen LogP contribution < -0.4 is 10.6 Å². The number of carbonyl (C=O) groups excluding carboxylic acids is 1. The fourth-order valence-corrected chi connectivity index (χ4v) is 5.09. The zero-order valence-corrected chi connectivity index (χ0v) is 20.1. The first kappa shape index (κ1) is 23.7. The van der Waals surface area contributed by atoms with Crippen molar-refractivity contribution in [2.75, 3.05) is 13.7 Å². The molecule has 4 heteroatoms. The smallest absolute Gasteiger partial charge is 0.337 e. The highest BCUT2D eigenvalue weighted by Crippen LogP contribution is 2.40. The highest BCUT2D eigenvalue weighted by molar-refractivity contribution is 5.89. The first-order chi connectivity index (χ1) is 16.2. The minimum Gasteiger partial charge on any atom is -0.465 e. The lowest BCUT2D eigenvalue weighted by Gasteiger charge is -2.29. The summed E-state index contributed by atoms with van der Waals surface area (Å²) in [5.41, 5.74) is 4.73. The van der Waals surface area contributed by atoms with E-state index in [9.17, 15) is 4.79 Å². The lowest BCUT2D eigenvalue weighted by Crippen LogP contribution is -2.36. The number of ether oxygens (including phenoxy) is 1. The summed E-state index contributed by atoms with van der Waals surface area (Å²) >= 11 is 0.